The Morgan fingerprint density at radius 1 is 0.757 bits per heavy atom. The van der Waals surface area contributed by atoms with Crippen LogP contribution in [0.5, 0.6) is 0 Å². The Kier molecular flexibility index (Phi) is 17.6. The number of aliphatic carboxylic acids is 1. The fraction of sp³-hybridized carbons (Fsp3) is 0.783. The summed E-state index contributed by atoms with van der Waals surface area (Å²) in [5.41, 5.74) is 27.5. The van der Waals surface area contributed by atoms with E-state index in [1.165, 1.54) is 0 Å². The van der Waals surface area contributed by atoms with Crippen LogP contribution in [0.2, 0.25) is 0 Å². The molecule has 0 aromatic rings. The van der Waals surface area contributed by atoms with Gasteiger partial charge in [-0.05, 0) is 70.4 Å². The second-order valence-corrected chi connectivity index (χ2v) is 9.32. The van der Waals surface area contributed by atoms with E-state index in [2.05, 4.69) is 20.9 Å². The third-order valence-electron chi connectivity index (χ3n) is 5.69. The van der Waals surface area contributed by atoms with Crippen molar-refractivity contribution in [3.8, 4) is 0 Å². The number of carbonyl (C=O) groups excluding carboxylic acids is 3. The van der Waals surface area contributed by atoms with E-state index in [-0.39, 0.29) is 18.3 Å². The van der Waals surface area contributed by atoms with Crippen molar-refractivity contribution in [2.45, 2.75) is 89.4 Å². The minimum absolute atomic E-state index is 0.0522. The molecule has 4 atom stereocenters. The standard InChI is InChI=1S/C23H47N9O5/c1-14(2)18(21(35)31-17(22(36)37)10-4-6-12-25)32-20(34)16(9-3-5-11-24)30-19(33)15(26)8-7-13-29-23(27)28/h14-18H,3-13,24-26H2,1-2H3,(H,30,33)(H,31,35)(H,32,34)(H,36,37)(H4,27,28,29). The highest BCUT2D eigenvalue weighted by Gasteiger charge is 2.31. The van der Waals surface area contributed by atoms with Crippen molar-refractivity contribution in [3.63, 3.8) is 0 Å². The lowest BCUT2D eigenvalue weighted by Crippen LogP contribution is -2.58. The van der Waals surface area contributed by atoms with Gasteiger partial charge in [-0.15, -0.1) is 0 Å². The highest BCUT2D eigenvalue weighted by atomic mass is 16.4. The number of nitrogens with zero attached hydrogens (tertiary/aromatic N) is 1. The summed E-state index contributed by atoms with van der Waals surface area (Å²) in [6, 6.07) is -3.94. The monoisotopic (exact) mass is 529 g/mol. The Morgan fingerprint density at radius 3 is 1.78 bits per heavy atom. The number of unbranched alkanes of at least 4 members (excludes halogenated alkanes) is 2. The van der Waals surface area contributed by atoms with E-state index in [1.807, 2.05) is 0 Å². The zero-order valence-electron chi connectivity index (χ0n) is 22.1. The van der Waals surface area contributed by atoms with Gasteiger partial charge in [-0.1, -0.05) is 13.8 Å². The number of carboxylic acids is 1. The van der Waals surface area contributed by atoms with Crippen molar-refractivity contribution in [1.82, 2.24) is 16.0 Å². The van der Waals surface area contributed by atoms with Gasteiger partial charge in [0, 0.05) is 6.54 Å². The number of amides is 3. The van der Waals surface area contributed by atoms with Gasteiger partial charge in [-0.2, -0.15) is 0 Å². The lowest BCUT2D eigenvalue weighted by Gasteiger charge is -2.27. The lowest BCUT2D eigenvalue weighted by molar-refractivity contribution is -0.142. The van der Waals surface area contributed by atoms with E-state index in [0.717, 1.165) is 0 Å². The topological polar surface area (TPSA) is 267 Å². The van der Waals surface area contributed by atoms with Crippen LogP contribution in [0.25, 0.3) is 0 Å². The highest BCUT2D eigenvalue weighted by Crippen LogP contribution is 2.09. The summed E-state index contributed by atoms with van der Waals surface area (Å²) in [7, 11) is 0. The van der Waals surface area contributed by atoms with Crippen LogP contribution in [0.3, 0.4) is 0 Å². The molecule has 214 valence electrons. The Balaban J connectivity index is 5.32. The van der Waals surface area contributed by atoms with Gasteiger partial charge in [0.25, 0.3) is 0 Å². The largest absolute Gasteiger partial charge is 0.480 e. The molecule has 0 aliphatic carbocycles. The summed E-state index contributed by atoms with van der Waals surface area (Å²) >= 11 is 0. The molecule has 37 heavy (non-hydrogen) atoms. The molecule has 0 rings (SSSR count). The van der Waals surface area contributed by atoms with Crippen LogP contribution in [-0.4, -0.2) is 78.6 Å². The van der Waals surface area contributed by atoms with E-state index >= 15 is 0 Å². The van der Waals surface area contributed by atoms with Gasteiger partial charge >= 0.3 is 5.97 Å². The molecule has 0 aliphatic heterocycles. The van der Waals surface area contributed by atoms with E-state index in [9.17, 15) is 24.3 Å². The van der Waals surface area contributed by atoms with Gasteiger partial charge < -0.3 is 49.7 Å². The number of rotatable bonds is 20. The van der Waals surface area contributed by atoms with Crippen molar-refractivity contribution < 1.29 is 24.3 Å². The average Bonchev–Trinajstić information content (AvgIpc) is 2.83. The first-order valence-electron chi connectivity index (χ1n) is 12.8. The molecule has 0 saturated heterocycles. The number of carbonyl (C=O) groups is 4. The molecule has 0 aromatic heterocycles. The molecule has 0 aromatic carbocycles. The molecule has 14 heteroatoms. The van der Waals surface area contributed by atoms with Gasteiger partial charge in [-0.25, -0.2) is 4.79 Å². The molecule has 14 N–H and O–H groups in total. The third-order valence-corrected chi connectivity index (χ3v) is 5.69. The van der Waals surface area contributed by atoms with Gasteiger partial charge in [0.2, 0.25) is 17.7 Å². The van der Waals surface area contributed by atoms with Crippen LogP contribution in [0, 0.1) is 5.92 Å². The number of carboxylic acid groups (broad SMARTS) is 1. The molecule has 0 spiro atoms. The normalized spacial score (nSPS) is 14.2. The first-order chi connectivity index (χ1) is 17.4. The lowest BCUT2D eigenvalue weighted by atomic mass is 10.0. The molecule has 0 saturated carbocycles. The summed E-state index contributed by atoms with van der Waals surface area (Å²) in [5, 5.41) is 17.3. The maximum atomic E-state index is 13.1. The van der Waals surface area contributed by atoms with Gasteiger partial charge in [-0.3, -0.25) is 19.4 Å². The average molecular weight is 530 g/mol. The van der Waals surface area contributed by atoms with Crippen LogP contribution < -0.4 is 44.6 Å². The first kappa shape index (κ1) is 34.0. The Hall–Kier alpha value is -2.97. The number of nitrogens with two attached hydrogens (primary N) is 5. The van der Waals surface area contributed by atoms with Crippen molar-refractivity contribution in [1.29, 1.82) is 0 Å². The highest BCUT2D eigenvalue weighted by molar-refractivity contribution is 5.94. The minimum atomic E-state index is -1.17. The number of guanidine groups is 1. The zero-order chi connectivity index (χ0) is 28.4. The quantitative estimate of drug-likeness (QED) is 0.0467. The Bertz CT molecular complexity index is 744. The van der Waals surface area contributed by atoms with Gasteiger partial charge in [0.15, 0.2) is 5.96 Å². The molecule has 0 bridgehead atoms. The van der Waals surface area contributed by atoms with Crippen molar-refractivity contribution >= 4 is 29.7 Å². The molecule has 0 radical (unpaired) electrons. The smallest absolute Gasteiger partial charge is 0.326 e. The summed E-state index contributed by atoms with van der Waals surface area (Å²) in [4.78, 5) is 54.1. The first-order valence-corrected chi connectivity index (χ1v) is 12.8. The van der Waals surface area contributed by atoms with Gasteiger partial charge in [0.05, 0.1) is 6.04 Å². The molecule has 0 heterocycles. The van der Waals surface area contributed by atoms with E-state index in [1.54, 1.807) is 13.8 Å². The minimum Gasteiger partial charge on any atom is -0.480 e. The summed E-state index contributed by atoms with van der Waals surface area (Å²) in [6.45, 7) is 4.61. The second-order valence-electron chi connectivity index (χ2n) is 9.32. The maximum absolute atomic E-state index is 13.1. The second kappa shape index (κ2) is 19.2. The summed E-state index contributed by atoms with van der Waals surface area (Å²) < 4.78 is 0. The summed E-state index contributed by atoms with van der Waals surface area (Å²) in [6.07, 6.45) is 3.66. The predicted molar refractivity (Wildman–Crippen MR) is 142 cm³/mol. The number of hydrogen-bond acceptors (Lipinski definition) is 8. The molecule has 0 fully saturated rings. The fourth-order valence-corrected chi connectivity index (χ4v) is 3.49. The predicted octanol–water partition coefficient (Wildman–Crippen LogP) is -2.18. The molecular weight excluding hydrogens is 482 g/mol. The molecule has 14 nitrogen and oxygen atoms in total. The number of nitrogens with one attached hydrogen (secondary N) is 3. The number of aliphatic imine (C=N–C) groups is 1. The van der Waals surface area contributed by atoms with E-state index < -0.39 is 47.9 Å². The van der Waals surface area contributed by atoms with Crippen LogP contribution in [-0.2, 0) is 19.2 Å². The Morgan fingerprint density at radius 2 is 1.30 bits per heavy atom. The van der Waals surface area contributed by atoms with Crippen LogP contribution >= 0.6 is 0 Å². The van der Waals surface area contributed by atoms with Crippen molar-refractivity contribution in [3.05, 3.63) is 0 Å². The summed E-state index contributed by atoms with van der Waals surface area (Å²) in [5.74, 6) is -3.27. The van der Waals surface area contributed by atoms with E-state index in [0.29, 0.717) is 64.6 Å². The van der Waals surface area contributed by atoms with Gasteiger partial charge in [0.1, 0.15) is 18.1 Å². The maximum Gasteiger partial charge on any atom is 0.326 e. The van der Waals surface area contributed by atoms with Crippen molar-refractivity contribution in [2.24, 2.45) is 39.6 Å². The molecular formula is C23H47N9O5. The molecule has 3 amide bonds. The molecule has 0 aliphatic rings. The molecule has 4 unspecified atom stereocenters. The van der Waals surface area contributed by atoms with Crippen LogP contribution in [0.4, 0.5) is 0 Å². The van der Waals surface area contributed by atoms with Crippen LogP contribution in [0.15, 0.2) is 4.99 Å². The number of hydrogen-bond donors (Lipinski definition) is 9. The van der Waals surface area contributed by atoms with Crippen molar-refractivity contribution in [2.75, 3.05) is 19.6 Å². The SMILES string of the molecule is CC(C)C(NC(=O)C(CCCCN)NC(=O)C(N)CCCN=C(N)N)C(=O)NC(CCCCN)C(=O)O. The third kappa shape index (κ3) is 15.0. The Labute approximate surface area is 218 Å². The van der Waals surface area contributed by atoms with Crippen LogP contribution in [0.1, 0.15) is 65.2 Å². The van der Waals surface area contributed by atoms with E-state index in [4.69, 9.17) is 28.7 Å². The fourth-order valence-electron chi connectivity index (χ4n) is 3.49. The zero-order valence-corrected chi connectivity index (χ0v) is 22.1.